The Hall–Kier alpha value is -1.88. The lowest BCUT2D eigenvalue weighted by Crippen LogP contribution is -2.15. The molecule has 0 fully saturated rings. The largest absolute Gasteiger partial charge is 0.481 e. The summed E-state index contributed by atoms with van der Waals surface area (Å²) < 4.78 is 12.7. The third kappa shape index (κ3) is 3.30. The van der Waals surface area contributed by atoms with Gasteiger partial charge in [-0.3, -0.25) is 0 Å². The van der Waals surface area contributed by atoms with Crippen LogP contribution in [-0.4, -0.2) is 35.4 Å². The molecule has 0 spiro atoms. The van der Waals surface area contributed by atoms with E-state index in [1.54, 1.807) is 14.2 Å². The number of imidazole rings is 1. The molecule has 5 nitrogen and oxygen atoms in total. The van der Waals surface area contributed by atoms with E-state index in [1.807, 2.05) is 19.1 Å². The first kappa shape index (κ1) is 16.5. The van der Waals surface area contributed by atoms with Gasteiger partial charge < -0.3 is 14.0 Å². The summed E-state index contributed by atoms with van der Waals surface area (Å²) in [5, 5.41) is 0. The van der Waals surface area contributed by atoms with E-state index in [0.717, 1.165) is 35.6 Å². The van der Waals surface area contributed by atoms with Crippen LogP contribution >= 0.6 is 0 Å². The highest BCUT2D eigenvalue weighted by molar-refractivity contribution is 5.62. The second-order valence-electron chi connectivity index (χ2n) is 5.31. The van der Waals surface area contributed by atoms with Crippen molar-refractivity contribution < 1.29 is 9.47 Å². The van der Waals surface area contributed by atoms with E-state index in [4.69, 9.17) is 14.5 Å². The van der Waals surface area contributed by atoms with Crippen molar-refractivity contribution in [3.8, 4) is 17.1 Å². The minimum absolute atomic E-state index is 0.313. The zero-order valence-electron chi connectivity index (χ0n) is 14.1. The van der Waals surface area contributed by atoms with Crippen LogP contribution in [0.3, 0.4) is 0 Å². The number of methoxy groups -OCH3 is 2. The van der Waals surface area contributed by atoms with Crippen LogP contribution in [0.4, 0.5) is 0 Å². The summed E-state index contributed by atoms with van der Waals surface area (Å²) in [7, 11) is 3.37. The molecule has 0 amide bonds. The number of aryl methyl sites for hydroxylation is 2. The van der Waals surface area contributed by atoms with Gasteiger partial charge in [-0.05, 0) is 19.4 Å². The fourth-order valence-corrected chi connectivity index (χ4v) is 2.65. The summed E-state index contributed by atoms with van der Waals surface area (Å²) in [6, 6.07) is 4.21. The molecule has 0 aliphatic carbocycles. The van der Waals surface area contributed by atoms with Gasteiger partial charge in [0.05, 0.1) is 31.1 Å². The molecule has 120 valence electrons. The van der Waals surface area contributed by atoms with Crippen molar-refractivity contribution in [1.29, 1.82) is 0 Å². The Morgan fingerprint density at radius 3 is 2.50 bits per heavy atom. The molecule has 0 N–H and O–H groups in total. The van der Waals surface area contributed by atoms with E-state index < -0.39 is 0 Å². The zero-order chi connectivity index (χ0) is 16.1. The molecular weight excluding hydrogens is 278 g/mol. The molecule has 0 saturated heterocycles. The van der Waals surface area contributed by atoms with Gasteiger partial charge in [-0.2, -0.15) is 0 Å². The SMILES string of the molecule is CCc1nc(-c2ccc(OC)nc2C)cn1C(CC)COC. The number of rotatable bonds is 7. The third-order valence-corrected chi connectivity index (χ3v) is 3.89. The first-order chi connectivity index (χ1) is 10.6. The molecule has 0 saturated carbocycles. The minimum atomic E-state index is 0.313. The van der Waals surface area contributed by atoms with Gasteiger partial charge in [-0.25, -0.2) is 9.97 Å². The molecule has 5 heteroatoms. The van der Waals surface area contributed by atoms with Gasteiger partial charge in [0.25, 0.3) is 0 Å². The quantitative estimate of drug-likeness (QED) is 0.786. The highest BCUT2D eigenvalue weighted by Gasteiger charge is 2.16. The molecule has 0 radical (unpaired) electrons. The first-order valence-electron chi connectivity index (χ1n) is 7.73. The number of pyridine rings is 1. The van der Waals surface area contributed by atoms with Crippen molar-refractivity contribution >= 4 is 0 Å². The van der Waals surface area contributed by atoms with Crippen LogP contribution in [0.15, 0.2) is 18.3 Å². The average molecular weight is 303 g/mol. The second-order valence-corrected chi connectivity index (χ2v) is 5.31. The topological polar surface area (TPSA) is 49.2 Å². The lowest BCUT2D eigenvalue weighted by atomic mass is 10.1. The number of nitrogens with zero attached hydrogens (tertiary/aromatic N) is 3. The average Bonchev–Trinajstić information content (AvgIpc) is 2.96. The van der Waals surface area contributed by atoms with E-state index in [1.165, 1.54) is 0 Å². The van der Waals surface area contributed by atoms with E-state index in [0.29, 0.717) is 18.5 Å². The molecule has 1 atom stereocenters. The van der Waals surface area contributed by atoms with Crippen molar-refractivity contribution in [2.45, 2.75) is 39.7 Å². The molecule has 2 heterocycles. The molecule has 22 heavy (non-hydrogen) atoms. The summed E-state index contributed by atoms with van der Waals surface area (Å²) >= 11 is 0. The number of ether oxygens (including phenoxy) is 2. The standard InChI is InChI=1S/C17H25N3O2/c1-6-13(11-21-4)20-10-15(19-16(20)7-2)14-8-9-17(22-5)18-12(14)3/h8-10,13H,6-7,11H2,1-5H3. The smallest absolute Gasteiger partial charge is 0.213 e. The fraction of sp³-hybridized carbons (Fsp3) is 0.529. The molecule has 1 unspecified atom stereocenters. The van der Waals surface area contributed by atoms with E-state index in [2.05, 4.69) is 29.6 Å². The molecule has 2 aromatic rings. The van der Waals surface area contributed by atoms with Crippen LogP contribution in [0.5, 0.6) is 5.88 Å². The Morgan fingerprint density at radius 1 is 1.18 bits per heavy atom. The van der Waals surface area contributed by atoms with Gasteiger partial charge in [0.2, 0.25) is 5.88 Å². The van der Waals surface area contributed by atoms with Gasteiger partial charge in [0.1, 0.15) is 5.82 Å². The molecule has 0 aromatic carbocycles. The van der Waals surface area contributed by atoms with Gasteiger partial charge in [0, 0.05) is 31.4 Å². The maximum Gasteiger partial charge on any atom is 0.213 e. The molecule has 0 bridgehead atoms. The minimum Gasteiger partial charge on any atom is -0.481 e. The number of hydrogen-bond donors (Lipinski definition) is 0. The van der Waals surface area contributed by atoms with Crippen LogP contribution in [0.25, 0.3) is 11.3 Å². The lowest BCUT2D eigenvalue weighted by Gasteiger charge is -2.17. The van der Waals surface area contributed by atoms with Crippen LogP contribution in [0.2, 0.25) is 0 Å². The third-order valence-electron chi connectivity index (χ3n) is 3.89. The van der Waals surface area contributed by atoms with Gasteiger partial charge in [0.15, 0.2) is 0 Å². The highest BCUT2D eigenvalue weighted by Crippen LogP contribution is 2.26. The van der Waals surface area contributed by atoms with E-state index in [-0.39, 0.29) is 0 Å². The van der Waals surface area contributed by atoms with Crippen LogP contribution in [0.1, 0.15) is 37.8 Å². The summed E-state index contributed by atoms with van der Waals surface area (Å²) in [5.74, 6) is 1.70. The summed E-state index contributed by atoms with van der Waals surface area (Å²) in [6.07, 6.45) is 4.02. The van der Waals surface area contributed by atoms with E-state index in [9.17, 15) is 0 Å². The Bertz CT molecular complexity index is 622. The predicted molar refractivity (Wildman–Crippen MR) is 87.3 cm³/mol. The Labute approximate surface area is 132 Å². The van der Waals surface area contributed by atoms with Gasteiger partial charge in [-0.15, -0.1) is 0 Å². The summed E-state index contributed by atoms with van der Waals surface area (Å²) in [5.41, 5.74) is 2.92. The summed E-state index contributed by atoms with van der Waals surface area (Å²) in [6.45, 7) is 6.97. The van der Waals surface area contributed by atoms with Crippen molar-refractivity contribution in [1.82, 2.24) is 14.5 Å². The van der Waals surface area contributed by atoms with Crippen molar-refractivity contribution in [2.75, 3.05) is 20.8 Å². The first-order valence-corrected chi connectivity index (χ1v) is 7.73. The second kappa shape index (κ2) is 7.40. The Balaban J connectivity index is 2.42. The maximum atomic E-state index is 5.34. The fourth-order valence-electron chi connectivity index (χ4n) is 2.65. The van der Waals surface area contributed by atoms with Crippen LogP contribution in [0, 0.1) is 6.92 Å². The van der Waals surface area contributed by atoms with Crippen molar-refractivity contribution in [2.24, 2.45) is 0 Å². The normalized spacial score (nSPS) is 12.4. The van der Waals surface area contributed by atoms with Crippen molar-refractivity contribution in [3.63, 3.8) is 0 Å². The Morgan fingerprint density at radius 2 is 1.95 bits per heavy atom. The number of hydrogen-bond acceptors (Lipinski definition) is 4. The lowest BCUT2D eigenvalue weighted by molar-refractivity contribution is 0.152. The molecule has 2 aromatic heterocycles. The molecule has 0 aliphatic heterocycles. The van der Waals surface area contributed by atoms with E-state index >= 15 is 0 Å². The predicted octanol–water partition coefficient (Wildman–Crippen LogP) is 3.42. The molecule has 2 rings (SSSR count). The van der Waals surface area contributed by atoms with Gasteiger partial charge >= 0.3 is 0 Å². The van der Waals surface area contributed by atoms with Crippen molar-refractivity contribution in [3.05, 3.63) is 29.8 Å². The number of aromatic nitrogens is 3. The Kier molecular flexibility index (Phi) is 5.55. The van der Waals surface area contributed by atoms with Crippen LogP contribution < -0.4 is 4.74 Å². The summed E-state index contributed by atoms with van der Waals surface area (Å²) in [4.78, 5) is 9.23. The monoisotopic (exact) mass is 303 g/mol. The molecule has 0 aliphatic rings. The maximum absolute atomic E-state index is 5.34. The molecular formula is C17H25N3O2. The zero-order valence-corrected chi connectivity index (χ0v) is 14.1. The highest BCUT2D eigenvalue weighted by atomic mass is 16.5. The van der Waals surface area contributed by atoms with Gasteiger partial charge in [-0.1, -0.05) is 13.8 Å². The van der Waals surface area contributed by atoms with Crippen LogP contribution in [-0.2, 0) is 11.2 Å².